The molecule has 2 aromatic rings. The zero-order chi connectivity index (χ0) is 50.4. The van der Waals surface area contributed by atoms with Crippen molar-refractivity contribution >= 4 is 52.9 Å². The number of nitrogens with zero attached hydrogens (tertiary/aromatic N) is 5. The van der Waals surface area contributed by atoms with Crippen LogP contribution in [0.3, 0.4) is 0 Å². The molecule has 380 valence electrons. The molecule has 8 N–H and O–H groups in total. The summed E-state index contributed by atoms with van der Waals surface area (Å²) in [5.74, 6) is -3.98. The zero-order valence-corrected chi connectivity index (χ0v) is 40.2. The van der Waals surface area contributed by atoms with Gasteiger partial charge in [0.15, 0.2) is 0 Å². The predicted molar refractivity (Wildman–Crippen MR) is 254 cm³/mol. The molecular weight excluding hydrogens is 909 g/mol. The number of nitrogens with one attached hydrogen (secondary N) is 4. The smallest absolute Gasteiger partial charge is 0.255 e. The molecule has 70 heavy (non-hydrogen) atoms. The van der Waals surface area contributed by atoms with Crippen molar-refractivity contribution in [3.63, 3.8) is 0 Å². The van der Waals surface area contributed by atoms with Crippen LogP contribution in [0.4, 0.5) is 14.5 Å². The first kappa shape index (κ1) is 51.8. The summed E-state index contributed by atoms with van der Waals surface area (Å²) in [6.07, 6.45) is -1.42. The minimum Gasteiger partial charge on any atom is -0.383 e. The van der Waals surface area contributed by atoms with Crippen LogP contribution in [0.25, 0.3) is 0 Å². The van der Waals surface area contributed by atoms with Crippen LogP contribution in [0.1, 0.15) is 92.8 Å². The molecule has 21 heteroatoms. The Morgan fingerprint density at radius 2 is 1.60 bits per heavy atom. The molecule has 0 bridgehead atoms. The van der Waals surface area contributed by atoms with E-state index in [1.165, 1.54) is 14.7 Å². The fourth-order valence-corrected chi connectivity index (χ4v) is 10.3. The van der Waals surface area contributed by atoms with Crippen LogP contribution in [0, 0.1) is 0 Å². The van der Waals surface area contributed by atoms with Gasteiger partial charge >= 0.3 is 0 Å². The van der Waals surface area contributed by atoms with Gasteiger partial charge in [-0.15, -0.1) is 0 Å². The standard InChI is InChI=1S/C49H67F2N11O8/c1-49(2,3)30-9-7-29(8-10-30)25-37(56-43(65)36(12-15-41(53)63)55-45(67)39-13-11-31-17-19-59(28-40(50)51)27-34(52)47(69)62(31)39)48(70)60-23-21-58(22-24-60)20-18-54-35-6-4-5-32-33(35)26-61(46(32)68)38-14-16-42(64)57-44(38)66/h4-10,31,34,36-40,54H,11-28,52H2,1-3H3,(H2,53,63)(H,55,67)(H,56,65)(H,57,64,66)/t31-,34+,36?,37?,38?,39+/m1/s1. The molecule has 19 nitrogen and oxygen atoms in total. The van der Waals surface area contributed by atoms with Crippen molar-refractivity contribution in [2.75, 3.05) is 64.2 Å². The summed E-state index contributed by atoms with van der Waals surface area (Å²) in [4.78, 5) is 114. The molecule has 2 aromatic carbocycles. The van der Waals surface area contributed by atoms with E-state index in [1.807, 2.05) is 30.3 Å². The van der Waals surface area contributed by atoms with E-state index in [0.717, 1.165) is 22.4 Å². The van der Waals surface area contributed by atoms with E-state index in [2.05, 4.69) is 46.9 Å². The van der Waals surface area contributed by atoms with Crippen molar-refractivity contribution in [2.24, 2.45) is 11.5 Å². The third-order valence-corrected chi connectivity index (χ3v) is 14.2. The average Bonchev–Trinajstić information content (AvgIpc) is 3.89. The lowest BCUT2D eigenvalue weighted by Crippen LogP contribution is -2.61. The van der Waals surface area contributed by atoms with E-state index in [-0.39, 0.29) is 81.3 Å². The summed E-state index contributed by atoms with van der Waals surface area (Å²) in [6.45, 7) is 9.10. The third-order valence-electron chi connectivity index (χ3n) is 14.2. The van der Waals surface area contributed by atoms with Gasteiger partial charge in [-0.25, -0.2) is 8.78 Å². The highest BCUT2D eigenvalue weighted by Gasteiger charge is 2.45. The van der Waals surface area contributed by atoms with Gasteiger partial charge in [-0.3, -0.25) is 53.5 Å². The van der Waals surface area contributed by atoms with Gasteiger partial charge in [0.2, 0.25) is 41.4 Å². The number of carbonyl (C=O) groups is 8. The maximum Gasteiger partial charge on any atom is 0.255 e. The molecular formula is C49H67F2N11O8. The highest BCUT2D eigenvalue weighted by Crippen LogP contribution is 2.33. The summed E-state index contributed by atoms with van der Waals surface area (Å²) in [6, 6.07) is 7.59. The molecule has 0 saturated carbocycles. The van der Waals surface area contributed by atoms with Crippen molar-refractivity contribution < 1.29 is 47.1 Å². The van der Waals surface area contributed by atoms with Crippen LogP contribution in [-0.4, -0.2) is 173 Å². The van der Waals surface area contributed by atoms with Crippen LogP contribution >= 0.6 is 0 Å². The number of piperidine rings is 1. The van der Waals surface area contributed by atoms with Crippen molar-refractivity contribution in [3.05, 3.63) is 64.7 Å². The van der Waals surface area contributed by atoms with Crippen LogP contribution in [0.2, 0.25) is 0 Å². The van der Waals surface area contributed by atoms with Crippen LogP contribution in [0.15, 0.2) is 42.5 Å². The Balaban J connectivity index is 0.992. The van der Waals surface area contributed by atoms with Gasteiger partial charge in [0, 0.05) is 101 Å². The van der Waals surface area contributed by atoms with E-state index in [1.54, 1.807) is 17.0 Å². The lowest BCUT2D eigenvalue weighted by atomic mass is 9.86. The van der Waals surface area contributed by atoms with E-state index in [9.17, 15) is 47.1 Å². The molecule has 3 unspecified atom stereocenters. The molecule has 5 aliphatic heterocycles. The normalized spacial score (nSPS) is 23.3. The topological polar surface area (TPSA) is 253 Å². The minimum atomic E-state index is -2.60. The average molecular weight is 976 g/mol. The Bertz CT molecular complexity index is 2300. The Morgan fingerprint density at radius 1 is 0.871 bits per heavy atom. The van der Waals surface area contributed by atoms with Crippen molar-refractivity contribution in [3.8, 4) is 0 Å². The summed E-state index contributed by atoms with van der Waals surface area (Å²) in [5.41, 5.74) is 15.5. The number of hydrogen-bond acceptors (Lipinski definition) is 12. The number of imide groups is 1. The van der Waals surface area contributed by atoms with Crippen LogP contribution < -0.4 is 32.7 Å². The number of anilines is 1. The molecule has 0 spiro atoms. The van der Waals surface area contributed by atoms with Gasteiger partial charge < -0.3 is 42.1 Å². The Kier molecular flexibility index (Phi) is 16.5. The number of primary amides is 1. The molecule has 0 radical (unpaired) electrons. The molecule has 0 aliphatic carbocycles. The number of nitrogens with two attached hydrogens (primary N) is 2. The number of benzene rings is 2. The monoisotopic (exact) mass is 976 g/mol. The number of rotatable bonds is 17. The van der Waals surface area contributed by atoms with Gasteiger partial charge in [0.25, 0.3) is 12.3 Å². The van der Waals surface area contributed by atoms with Gasteiger partial charge in [-0.05, 0) is 60.8 Å². The van der Waals surface area contributed by atoms with Crippen LogP contribution in [-0.2, 0) is 51.9 Å². The lowest BCUT2D eigenvalue weighted by Gasteiger charge is -2.38. The SMILES string of the molecule is CC(C)(C)c1ccc(CC(NC(=O)C(CCC(N)=O)NC(=O)[C@@H]2CC[C@@H]3CCN(CC(F)F)C[C@H](N)C(=O)N32)C(=O)N2CCN(CCNc3cccc4c3CN(C3CCC(=O)NC3=O)C4=O)CC2)cc1. The van der Waals surface area contributed by atoms with Crippen molar-refractivity contribution in [2.45, 2.75) is 127 Å². The van der Waals surface area contributed by atoms with Crippen molar-refractivity contribution in [1.82, 2.24) is 40.4 Å². The van der Waals surface area contributed by atoms with E-state index < -0.39 is 78.8 Å². The Morgan fingerprint density at radius 3 is 2.27 bits per heavy atom. The number of fused-ring (bicyclic) bond motifs is 2. The molecule has 4 fully saturated rings. The quantitative estimate of drug-likeness (QED) is 0.118. The molecule has 6 atom stereocenters. The Hall–Kier alpha value is -6.06. The molecule has 8 amide bonds. The summed E-state index contributed by atoms with van der Waals surface area (Å²) in [5, 5.41) is 11.4. The summed E-state index contributed by atoms with van der Waals surface area (Å²) >= 11 is 0. The van der Waals surface area contributed by atoms with Crippen molar-refractivity contribution in [1.29, 1.82) is 0 Å². The summed E-state index contributed by atoms with van der Waals surface area (Å²) in [7, 11) is 0. The van der Waals surface area contributed by atoms with Gasteiger partial charge in [-0.1, -0.05) is 51.1 Å². The fraction of sp³-hybridized carbons (Fsp3) is 0.592. The maximum absolute atomic E-state index is 14.5. The molecule has 7 rings (SSSR count). The first-order valence-electron chi connectivity index (χ1n) is 24.4. The van der Waals surface area contributed by atoms with Gasteiger partial charge in [0.05, 0.1) is 12.6 Å². The number of halogens is 2. The number of carbonyl (C=O) groups excluding carboxylic acids is 8. The number of hydrogen-bond donors (Lipinski definition) is 6. The molecule has 0 aromatic heterocycles. The van der Waals surface area contributed by atoms with Crippen LogP contribution in [0.5, 0.6) is 0 Å². The van der Waals surface area contributed by atoms with E-state index in [4.69, 9.17) is 11.5 Å². The van der Waals surface area contributed by atoms with Gasteiger partial charge in [-0.2, -0.15) is 0 Å². The number of amides is 8. The lowest BCUT2D eigenvalue weighted by molar-refractivity contribution is -0.144. The second-order valence-electron chi connectivity index (χ2n) is 20.1. The Labute approximate surface area is 406 Å². The van der Waals surface area contributed by atoms with E-state index in [0.29, 0.717) is 57.7 Å². The first-order valence-corrected chi connectivity index (χ1v) is 24.4. The number of piperazine rings is 1. The highest BCUT2D eigenvalue weighted by molar-refractivity contribution is 6.06. The number of alkyl halides is 2. The van der Waals surface area contributed by atoms with Gasteiger partial charge in [0.1, 0.15) is 24.2 Å². The fourth-order valence-electron chi connectivity index (χ4n) is 10.3. The summed E-state index contributed by atoms with van der Waals surface area (Å²) < 4.78 is 26.5. The zero-order valence-electron chi connectivity index (χ0n) is 40.2. The molecule has 4 saturated heterocycles. The first-order chi connectivity index (χ1) is 33.3. The largest absolute Gasteiger partial charge is 0.383 e. The third kappa shape index (κ3) is 12.4. The second-order valence-corrected chi connectivity index (χ2v) is 20.1. The molecule has 5 heterocycles. The molecule has 5 aliphatic rings. The maximum atomic E-state index is 14.5. The highest BCUT2D eigenvalue weighted by atomic mass is 19.3. The predicted octanol–water partition coefficient (Wildman–Crippen LogP) is 0.437. The minimum absolute atomic E-state index is 0.0964. The van der Waals surface area contributed by atoms with E-state index >= 15 is 0 Å². The second kappa shape index (κ2) is 22.4.